The summed E-state index contributed by atoms with van der Waals surface area (Å²) in [4.78, 5) is 18.6. The SMILES string of the molecule is CN(C)Nc1ccn([C@H]2CC(N=[N+]=[N-])[C@@H](CO)O2)c(=O)n1. The summed E-state index contributed by atoms with van der Waals surface area (Å²) in [5.74, 6) is 0.421. The second-order valence-electron chi connectivity index (χ2n) is 4.83. The Morgan fingerprint density at radius 1 is 1.71 bits per heavy atom. The number of aliphatic hydroxyl groups is 1. The average Bonchev–Trinajstić information content (AvgIpc) is 2.81. The first-order chi connectivity index (χ1) is 10.0. The van der Waals surface area contributed by atoms with Gasteiger partial charge in [-0.25, -0.2) is 9.80 Å². The summed E-state index contributed by atoms with van der Waals surface area (Å²) in [6.45, 7) is -0.275. The molecule has 21 heavy (non-hydrogen) atoms. The van der Waals surface area contributed by atoms with Gasteiger partial charge < -0.3 is 15.3 Å². The zero-order valence-electron chi connectivity index (χ0n) is 11.7. The zero-order valence-corrected chi connectivity index (χ0v) is 11.7. The first-order valence-corrected chi connectivity index (χ1v) is 6.39. The molecule has 10 heteroatoms. The van der Waals surface area contributed by atoms with Gasteiger partial charge in [0.25, 0.3) is 0 Å². The molecule has 0 aromatic carbocycles. The van der Waals surface area contributed by atoms with Crippen LogP contribution in [0.1, 0.15) is 12.6 Å². The van der Waals surface area contributed by atoms with Crippen LogP contribution in [-0.2, 0) is 4.74 Å². The predicted octanol–water partition coefficient (Wildman–Crippen LogP) is 0.0905. The van der Waals surface area contributed by atoms with E-state index in [-0.39, 0.29) is 6.61 Å². The summed E-state index contributed by atoms with van der Waals surface area (Å²) in [7, 11) is 3.56. The zero-order chi connectivity index (χ0) is 15.4. The van der Waals surface area contributed by atoms with Crippen molar-refractivity contribution in [3.05, 3.63) is 33.2 Å². The molecule has 1 aromatic heterocycles. The lowest BCUT2D eigenvalue weighted by Crippen LogP contribution is -2.29. The van der Waals surface area contributed by atoms with E-state index in [0.717, 1.165) is 0 Å². The molecule has 2 rings (SSSR count). The molecule has 1 aliphatic rings. The Labute approximate surface area is 120 Å². The fourth-order valence-electron chi connectivity index (χ4n) is 2.16. The lowest BCUT2D eigenvalue weighted by Gasteiger charge is -2.16. The molecule has 0 spiro atoms. The van der Waals surface area contributed by atoms with Crippen molar-refractivity contribution in [1.82, 2.24) is 14.6 Å². The van der Waals surface area contributed by atoms with Crippen LogP contribution in [0.2, 0.25) is 0 Å². The van der Waals surface area contributed by atoms with Crippen LogP contribution >= 0.6 is 0 Å². The smallest absolute Gasteiger partial charge is 0.351 e. The van der Waals surface area contributed by atoms with Crippen LogP contribution in [0.4, 0.5) is 5.82 Å². The Balaban J connectivity index is 2.19. The van der Waals surface area contributed by atoms with Crippen molar-refractivity contribution >= 4 is 5.82 Å². The summed E-state index contributed by atoms with van der Waals surface area (Å²) < 4.78 is 6.86. The van der Waals surface area contributed by atoms with Gasteiger partial charge in [0.1, 0.15) is 12.0 Å². The average molecular weight is 295 g/mol. The lowest BCUT2D eigenvalue weighted by molar-refractivity contribution is -0.0270. The minimum Gasteiger partial charge on any atom is -0.394 e. The summed E-state index contributed by atoms with van der Waals surface area (Å²) in [5, 5.41) is 14.5. The third-order valence-electron chi connectivity index (χ3n) is 3.06. The molecule has 1 fully saturated rings. The number of aromatic nitrogens is 2. The van der Waals surface area contributed by atoms with E-state index in [9.17, 15) is 9.90 Å². The first kappa shape index (κ1) is 15.3. The van der Waals surface area contributed by atoms with E-state index in [1.54, 1.807) is 31.4 Å². The van der Waals surface area contributed by atoms with E-state index in [4.69, 9.17) is 10.3 Å². The van der Waals surface area contributed by atoms with Gasteiger partial charge in [-0.05, 0) is 11.6 Å². The van der Waals surface area contributed by atoms with Gasteiger partial charge >= 0.3 is 5.69 Å². The highest BCUT2D eigenvalue weighted by atomic mass is 16.5. The van der Waals surface area contributed by atoms with Gasteiger partial charge in [0.2, 0.25) is 0 Å². The molecule has 0 bridgehead atoms. The Bertz CT molecular complexity index is 596. The number of anilines is 1. The Morgan fingerprint density at radius 3 is 3.05 bits per heavy atom. The fraction of sp³-hybridized carbons (Fsp3) is 0.636. The van der Waals surface area contributed by atoms with Crippen LogP contribution in [0.3, 0.4) is 0 Å². The monoisotopic (exact) mass is 295 g/mol. The third-order valence-corrected chi connectivity index (χ3v) is 3.06. The number of aliphatic hydroxyl groups excluding tert-OH is 1. The van der Waals surface area contributed by atoms with Crippen LogP contribution in [0.15, 0.2) is 22.2 Å². The van der Waals surface area contributed by atoms with Crippen LogP contribution in [0.25, 0.3) is 10.4 Å². The van der Waals surface area contributed by atoms with E-state index in [0.29, 0.717) is 12.2 Å². The maximum Gasteiger partial charge on any atom is 0.351 e. The summed E-state index contributed by atoms with van der Waals surface area (Å²) in [6, 6.07) is 1.14. The van der Waals surface area contributed by atoms with Crippen molar-refractivity contribution in [2.75, 3.05) is 26.1 Å². The predicted molar refractivity (Wildman–Crippen MR) is 74.4 cm³/mol. The van der Waals surface area contributed by atoms with E-state index in [1.165, 1.54) is 4.57 Å². The molecule has 2 N–H and O–H groups in total. The molecule has 1 saturated heterocycles. The molecular formula is C11H17N7O3. The van der Waals surface area contributed by atoms with E-state index in [1.807, 2.05) is 0 Å². The molecule has 10 nitrogen and oxygen atoms in total. The highest BCUT2D eigenvalue weighted by Crippen LogP contribution is 2.29. The van der Waals surface area contributed by atoms with E-state index in [2.05, 4.69) is 20.4 Å². The Kier molecular flexibility index (Phi) is 4.76. The number of ether oxygens (including phenoxy) is 1. The van der Waals surface area contributed by atoms with Gasteiger partial charge in [0, 0.05) is 31.6 Å². The largest absolute Gasteiger partial charge is 0.394 e. The van der Waals surface area contributed by atoms with Crippen molar-refractivity contribution in [3.8, 4) is 0 Å². The van der Waals surface area contributed by atoms with Gasteiger partial charge in [-0.2, -0.15) is 4.98 Å². The van der Waals surface area contributed by atoms with Gasteiger partial charge in [-0.1, -0.05) is 5.11 Å². The van der Waals surface area contributed by atoms with Crippen molar-refractivity contribution in [1.29, 1.82) is 0 Å². The minimum atomic E-state index is -0.614. The number of nitrogens with one attached hydrogen (secondary N) is 1. The topological polar surface area (TPSA) is 128 Å². The van der Waals surface area contributed by atoms with Gasteiger partial charge in [-0.3, -0.25) is 4.57 Å². The van der Waals surface area contributed by atoms with Crippen molar-refractivity contribution in [2.24, 2.45) is 5.11 Å². The fourth-order valence-corrected chi connectivity index (χ4v) is 2.16. The van der Waals surface area contributed by atoms with Crippen LogP contribution in [0.5, 0.6) is 0 Å². The maximum absolute atomic E-state index is 12.0. The number of hydrogen-bond donors (Lipinski definition) is 2. The minimum absolute atomic E-state index is 0.275. The third kappa shape index (κ3) is 3.50. The van der Waals surface area contributed by atoms with Crippen LogP contribution in [-0.4, -0.2) is 52.5 Å². The molecule has 0 aliphatic carbocycles. The Morgan fingerprint density at radius 2 is 2.48 bits per heavy atom. The number of rotatable bonds is 5. The molecule has 0 amide bonds. The number of nitrogens with zero attached hydrogens (tertiary/aromatic N) is 6. The summed E-state index contributed by atoms with van der Waals surface area (Å²) >= 11 is 0. The molecule has 3 atom stereocenters. The molecule has 2 heterocycles. The number of azide groups is 1. The maximum atomic E-state index is 12.0. The number of hydrogen-bond acceptors (Lipinski definition) is 7. The number of hydrazine groups is 1. The summed E-state index contributed by atoms with van der Waals surface area (Å²) in [6.07, 6.45) is 0.652. The second kappa shape index (κ2) is 6.55. The van der Waals surface area contributed by atoms with Gasteiger partial charge in [0.05, 0.1) is 18.8 Å². The van der Waals surface area contributed by atoms with Gasteiger partial charge in [-0.15, -0.1) is 0 Å². The molecule has 1 unspecified atom stereocenters. The molecule has 0 radical (unpaired) electrons. The standard InChI is InChI=1S/C11H17N7O3/c1-17(2)15-9-3-4-18(11(20)13-9)10-5-7(14-16-12)8(6-19)21-10/h3-4,7-8,10,19H,5-6H2,1-2H3,(H,13,15,20)/t7?,8-,10-/m1/s1. The first-order valence-electron chi connectivity index (χ1n) is 6.39. The summed E-state index contributed by atoms with van der Waals surface area (Å²) in [5.41, 5.74) is 10.9. The van der Waals surface area contributed by atoms with Crippen molar-refractivity contribution < 1.29 is 9.84 Å². The Hall–Kier alpha value is -2.13. The van der Waals surface area contributed by atoms with Crippen LogP contribution in [0, 0.1) is 0 Å². The highest BCUT2D eigenvalue weighted by Gasteiger charge is 2.35. The second-order valence-corrected chi connectivity index (χ2v) is 4.83. The molecular weight excluding hydrogens is 278 g/mol. The van der Waals surface area contributed by atoms with E-state index < -0.39 is 24.1 Å². The quantitative estimate of drug-likeness (QED) is 0.343. The van der Waals surface area contributed by atoms with E-state index >= 15 is 0 Å². The van der Waals surface area contributed by atoms with Gasteiger partial charge in [0.15, 0.2) is 0 Å². The van der Waals surface area contributed by atoms with Crippen molar-refractivity contribution in [2.45, 2.75) is 24.8 Å². The molecule has 1 aromatic rings. The van der Waals surface area contributed by atoms with Crippen molar-refractivity contribution in [3.63, 3.8) is 0 Å². The van der Waals surface area contributed by atoms with Crippen LogP contribution < -0.4 is 11.1 Å². The lowest BCUT2D eigenvalue weighted by atomic mass is 10.1. The molecule has 114 valence electrons. The molecule has 1 aliphatic heterocycles. The normalized spacial score (nSPS) is 24.9. The highest BCUT2D eigenvalue weighted by molar-refractivity contribution is 5.30. The molecule has 0 saturated carbocycles.